The zero-order valence-corrected chi connectivity index (χ0v) is 13.1. The van der Waals surface area contributed by atoms with Crippen LogP contribution >= 0.6 is 15.9 Å². The fourth-order valence-corrected chi connectivity index (χ4v) is 3.66. The number of halogens is 2. The Morgan fingerprint density at radius 3 is 2.95 bits per heavy atom. The van der Waals surface area contributed by atoms with Gasteiger partial charge in [0.05, 0.1) is 33.3 Å². The second-order valence-electron chi connectivity index (χ2n) is 5.72. The molecule has 1 aliphatic carbocycles. The van der Waals surface area contributed by atoms with Crippen molar-refractivity contribution in [3.63, 3.8) is 0 Å². The van der Waals surface area contributed by atoms with Gasteiger partial charge in [0.2, 0.25) is 0 Å². The summed E-state index contributed by atoms with van der Waals surface area (Å²) in [5, 5.41) is 10.5. The van der Waals surface area contributed by atoms with Gasteiger partial charge < -0.3 is 10.1 Å². The zero-order chi connectivity index (χ0) is 15.4. The Labute approximate surface area is 132 Å². The average molecular weight is 366 g/mol. The summed E-state index contributed by atoms with van der Waals surface area (Å²) in [5.41, 5.74) is 1.62. The minimum absolute atomic E-state index is 0.0503. The van der Waals surface area contributed by atoms with E-state index in [1.807, 2.05) is 0 Å². The van der Waals surface area contributed by atoms with E-state index in [9.17, 15) is 14.3 Å². The zero-order valence-electron chi connectivity index (χ0n) is 11.5. The first-order valence-electron chi connectivity index (χ1n) is 7.10. The van der Waals surface area contributed by atoms with Crippen LogP contribution in [0.2, 0.25) is 0 Å². The molecule has 4 rings (SSSR count). The van der Waals surface area contributed by atoms with Crippen LogP contribution in [0.1, 0.15) is 25.3 Å². The van der Waals surface area contributed by atoms with Gasteiger partial charge in [-0.05, 0) is 41.3 Å². The van der Waals surface area contributed by atoms with E-state index in [1.165, 1.54) is 6.07 Å². The topological polar surface area (TPSA) is 70.9 Å². The number of pyridine rings is 1. The Bertz CT molecular complexity index is 949. The molecule has 0 amide bonds. The molecule has 0 bridgehead atoms. The Morgan fingerprint density at radius 1 is 1.41 bits per heavy atom. The first-order valence-corrected chi connectivity index (χ1v) is 7.90. The van der Waals surface area contributed by atoms with Gasteiger partial charge in [-0.15, -0.1) is 0 Å². The van der Waals surface area contributed by atoms with Gasteiger partial charge in [0, 0.05) is 17.5 Å². The predicted molar refractivity (Wildman–Crippen MR) is 84.4 cm³/mol. The number of benzene rings is 1. The lowest BCUT2D eigenvalue weighted by molar-refractivity contribution is 0.178. The van der Waals surface area contributed by atoms with Crippen molar-refractivity contribution in [1.29, 1.82) is 0 Å². The van der Waals surface area contributed by atoms with Crippen LogP contribution in [0.3, 0.4) is 0 Å². The normalized spacial score (nSPS) is 22.0. The van der Waals surface area contributed by atoms with Gasteiger partial charge in [0.25, 0.3) is 0 Å². The Morgan fingerprint density at radius 2 is 2.23 bits per heavy atom. The third-order valence-electron chi connectivity index (χ3n) is 4.33. The monoisotopic (exact) mass is 365 g/mol. The maximum atomic E-state index is 13.7. The highest BCUT2D eigenvalue weighted by molar-refractivity contribution is 9.10. The number of nitrogens with zero attached hydrogens (tertiary/aromatic N) is 2. The number of fused-ring (bicyclic) bond motifs is 3. The smallest absolute Gasteiger partial charge is 0.326 e. The van der Waals surface area contributed by atoms with Gasteiger partial charge in [-0.3, -0.25) is 9.55 Å². The molecule has 5 nitrogen and oxygen atoms in total. The van der Waals surface area contributed by atoms with Crippen molar-refractivity contribution in [2.45, 2.75) is 31.4 Å². The largest absolute Gasteiger partial charge is 0.393 e. The molecule has 2 N–H and O–H groups in total. The number of nitrogens with one attached hydrogen (secondary N) is 1. The molecule has 0 spiro atoms. The van der Waals surface area contributed by atoms with Crippen molar-refractivity contribution in [2.75, 3.05) is 0 Å². The van der Waals surface area contributed by atoms with Crippen LogP contribution in [0.25, 0.3) is 21.9 Å². The number of aliphatic hydroxyl groups excluding tert-OH is 1. The number of aliphatic hydroxyl groups is 1. The number of H-pyrrole nitrogens is 1. The number of aromatic amines is 1. The molecule has 1 fully saturated rings. The van der Waals surface area contributed by atoms with Crippen molar-refractivity contribution < 1.29 is 9.50 Å². The molecule has 0 saturated heterocycles. The van der Waals surface area contributed by atoms with Crippen molar-refractivity contribution in [3.05, 3.63) is 39.1 Å². The highest BCUT2D eigenvalue weighted by Gasteiger charge is 2.27. The third-order valence-corrected chi connectivity index (χ3v) is 4.93. The number of imidazole rings is 1. The maximum absolute atomic E-state index is 13.7. The molecule has 0 radical (unpaired) electrons. The van der Waals surface area contributed by atoms with Crippen molar-refractivity contribution in [1.82, 2.24) is 14.5 Å². The van der Waals surface area contributed by atoms with E-state index in [4.69, 9.17) is 0 Å². The Kier molecular flexibility index (Phi) is 3.09. The molecule has 2 aromatic heterocycles. The molecule has 1 aliphatic rings. The van der Waals surface area contributed by atoms with Crippen molar-refractivity contribution in [3.8, 4) is 0 Å². The van der Waals surface area contributed by atoms with Crippen LogP contribution in [0, 0.1) is 5.82 Å². The highest BCUT2D eigenvalue weighted by Crippen LogP contribution is 2.34. The summed E-state index contributed by atoms with van der Waals surface area (Å²) in [7, 11) is 0. The molecule has 2 heterocycles. The van der Waals surface area contributed by atoms with Crippen molar-refractivity contribution >= 4 is 37.9 Å². The van der Waals surface area contributed by atoms with Crippen LogP contribution in [0.4, 0.5) is 4.39 Å². The molecule has 2 atom stereocenters. The number of aromatic nitrogens is 3. The Hall–Kier alpha value is -1.73. The molecule has 3 aromatic rings. The number of rotatable bonds is 1. The molecule has 1 saturated carbocycles. The lowest BCUT2D eigenvalue weighted by atomic mass is 10.1. The minimum Gasteiger partial charge on any atom is -0.393 e. The van der Waals surface area contributed by atoms with Crippen LogP contribution in [0.5, 0.6) is 0 Å². The van der Waals surface area contributed by atoms with Gasteiger partial charge in [-0.25, -0.2) is 9.18 Å². The van der Waals surface area contributed by atoms with Crippen LogP contribution in [-0.2, 0) is 0 Å². The summed E-state index contributed by atoms with van der Waals surface area (Å²) < 4.78 is 15.7. The van der Waals surface area contributed by atoms with E-state index in [1.54, 1.807) is 16.8 Å². The van der Waals surface area contributed by atoms with E-state index in [0.29, 0.717) is 33.7 Å². The second-order valence-corrected chi connectivity index (χ2v) is 6.58. The summed E-state index contributed by atoms with van der Waals surface area (Å²) in [6.07, 6.45) is 3.16. The fourth-order valence-electron chi connectivity index (χ4n) is 3.32. The summed E-state index contributed by atoms with van der Waals surface area (Å²) in [5.74, 6) is -0.389. The minimum atomic E-state index is -0.389. The SMILES string of the molecule is O=c1[nH]c2cnc3cc(F)c(Br)cc3c2n1C1CCC(O)C1. The van der Waals surface area contributed by atoms with Gasteiger partial charge in [-0.2, -0.15) is 0 Å². The summed E-state index contributed by atoms with van der Waals surface area (Å²) in [4.78, 5) is 19.4. The molecule has 7 heteroatoms. The predicted octanol–water partition coefficient (Wildman–Crippen LogP) is 2.87. The van der Waals surface area contributed by atoms with Gasteiger partial charge in [0.1, 0.15) is 5.82 Å². The molecule has 0 aliphatic heterocycles. The molecular formula is C15H13BrFN3O2. The molecule has 22 heavy (non-hydrogen) atoms. The Balaban J connectivity index is 2.07. The fraction of sp³-hybridized carbons (Fsp3) is 0.333. The quantitative estimate of drug-likeness (QED) is 0.696. The van der Waals surface area contributed by atoms with E-state index < -0.39 is 0 Å². The van der Waals surface area contributed by atoms with Gasteiger partial charge in [-0.1, -0.05) is 0 Å². The van der Waals surface area contributed by atoms with Crippen molar-refractivity contribution in [2.24, 2.45) is 0 Å². The van der Waals surface area contributed by atoms with E-state index in [-0.39, 0.29) is 23.7 Å². The van der Waals surface area contributed by atoms with Crippen LogP contribution < -0.4 is 5.69 Å². The number of hydrogen-bond acceptors (Lipinski definition) is 3. The molecule has 1 aromatic carbocycles. The van der Waals surface area contributed by atoms with Crippen LogP contribution in [-0.4, -0.2) is 25.7 Å². The van der Waals surface area contributed by atoms with E-state index >= 15 is 0 Å². The lowest BCUT2D eigenvalue weighted by Gasteiger charge is -2.13. The van der Waals surface area contributed by atoms with E-state index in [2.05, 4.69) is 25.9 Å². The molecule has 2 unspecified atom stereocenters. The van der Waals surface area contributed by atoms with Gasteiger partial charge >= 0.3 is 5.69 Å². The van der Waals surface area contributed by atoms with Crippen LogP contribution in [0.15, 0.2) is 27.6 Å². The second kappa shape index (κ2) is 4.89. The first kappa shape index (κ1) is 13.9. The maximum Gasteiger partial charge on any atom is 0.326 e. The third kappa shape index (κ3) is 1.99. The van der Waals surface area contributed by atoms with E-state index in [0.717, 1.165) is 11.9 Å². The average Bonchev–Trinajstić information content (AvgIpc) is 3.03. The summed E-state index contributed by atoms with van der Waals surface area (Å²) in [6, 6.07) is 2.95. The summed E-state index contributed by atoms with van der Waals surface area (Å²) in [6.45, 7) is 0. The summed E-state index contributed by atoms with van der Waals surface area (Å²) >= 11 is 3.19. The standard InChI is InChI=1S/C15H13BrFN3O2/c16-10-4-9-12(5-11(10)17)18-6-13-14(9)20(15(22)19-13)7-1-2-8(21)3-7/h4-8,21H,1-3H2,(H,19,22). The highest BCUT2D eigenvalue weighted by atomic mass is 79.9. The lowest BCUT2D eigenvalue weighted by Crippen LogP contribution is -2.21. The molecular weight excluding hydrogens is 353 g/mol. The number of hydrogen-bond donors (Lipinski definition) is 2. The van der Waals surface area contributed by atoms with Gasteiger partial charge in [0.15, 0.2) is 0 Å². The first-order chi connectivity index (χ1) is 10.5. The molecule has 114 valence electrons.